The third-order valence-electron chi connectivity index (χ3n) is 6.63. The van der Waals surface area contributed by atoms with E-state index >= 15 is 0 Å². The highest BCUT2D eigenvalue weighted by Crippen LogP contribution is 2.44. The molecule has 2 fully saturated rings. The molecule has 2 aromatic heterocycles. The average molecular weight is 554 g/mol. The molecule has 0 radical (unpaired) electrons. The van der Waals surface area contributed by atoms with Gasteiger partial charge >= 0.3 is 6.18 Å². The molecule has 4 heterocycles. The Morgan fingerprint density at radius 2 is 1.71 bits per heavy atom. The summed E-state index contributed by atoms with van der Waals surface area (Å²) in [5.41, 5.74) is -3.15. The summed E-state index contributed by atoms with van der Waals surface area (Å²) in [5, 5.41) is 13.0. The van der Waals surface area contributed by atoms with Gasteiger partial charge in [-0.3, -0.25) is 9.59 Å². The van der Waals surface area contributed by atoms with Crippen LogP contribution in [0.1, 0.15) is 86.2 Å². The van der Waals surface area contributed by atoms with Crippen molar-refractivity contribution in [2.45, 2.75) is 89.7 Å². The SMILES string of the molecule is CN(CC(C)(C)O)C(=O)c1nc(C(=O)N2[C@H]3CC[C@H]2CC3)c(-c2cnc(NC(C)(C)C)cc2C(F)(F)F)s1. The van der Waals surface area contributed by atoms with Crippen LogP contribution in [0.15, 0.2) is 12.3 Å². The second-order valence-electron chi connectivity index (χ2n) is 11.8. The number of pyridine rings is 1. The minimum atomic E-state index is -4.74. The van der Waals surface area contributed by atoms with E-state index in [-0.39, 0.29) is 45.6 Å². The highest BCUT2D eigenvalue weighted by Gasteiger charge is 2.45. The van der Waals surface area contributed by atoms with Crippen molar-refractivity contribution >= 4 is 29.0 Å². The molecule has 2 aliphatic heterocycles. The molecule has 208 valence electrons. The lowest BCUT2D eigenvalue weighted by molar-refractivity contribution is -0.137. The van der Waals surface area contributed by atoms with E-state index in [1.807, 2.05) is 20.8 Å². The number of likely N-dealkylation sites (N-methyl/N-ethyl adjacent to an activating group) is 1. The molecule has 38 heavy (non-hydrogen) atoms. The highest BCUT2D eigenvalue weighted by atomic mass is 32.1. The molecule has 2 N–H and O–H groups in total. The van der Waals surface area contributed by atoms with Gasteiger partial charge in [0, 0.05) is 43.0 Å². The van der Waals surface area contributed by atoms with Gasteiger partial charge in [-0.2, -0.15) is 13.2 Å². The number of alkyl halides is 3. The number of halogens is 3. The molecule has 0 unspecified atom stereocenters. The van der Waals surface area contributed by atoms with E-state index < -0.39 is 34.7 Å². The first-order valence-electron chi connectivity index (χ1n) is 12.6. The van der Waals surface area contributed by atoms with Crippen molar-refractivity contribution in [1.82, 2.24) is 19.8 Å². The predicted molar refractivity (Wildman–Crippen MR) is 139 cm³/mol. The molecule has 2 aromatic rings. The number of carbonyl (C=O) groups excluding carboxylic acids is 2. The average Bonchev–Trinajstić information content (AvgIpc) is 3.49. The van der Waals surface area contributed by atoms with Crippen LogP contribution in [0.5, 0.6) is 0 Å². The van der Waals surface area contributed by atoms with Crippen LogP contribution in [-0.4, -0.2) is 73.5 Å². The number of rotatable bonds is 6. The summed E-state index contributed by atoms with van der Waals surface area (Å²) in [6.07, 6.45) is -0.270. The number of carbonyl (C=O) groups is 2. The first kappa shape index (κ1) is 28.3. The maximum atomic E-state index is 14.3. The molecule has 0 aromatic carbocycles. The van der Waals surface area contributed by atoms with E-state index in [9.17, 15) is 27.9 Å². The third kappa shape index (κ3) is 5.96. The van der Waals surface area contributed by atoms with Crippen LogP contribution in [0, 0.1) is 0 Å². The summed E-state index contributed by atoms with van der Waals surface area (Å²) in [6.45, 7) is 8.47. The molecule has 0 spiro atoms. The molecular weight excluding hydrogens is 519 g/mol. The Labute approximate surface area is 224 Å². The quantitative estimate of drug-likeness (QED) is 0.520. The van der Waals surface area contributed by atoms with Crippen LogP contribution < -0.4 is 5.32 Å². The van der Waals surface area contributed by atoms with Crippen LogP contribution in [0.2, 0.25) is 0 Å². The smallest absolute Gasteiger partial charge is 0.389 e. The number of hydrogen-bond donors (Lipinski definition) is 2. The summed E-state index contributed by atoms with van der Waals surface area (Å²) in [4.78, 5) is 38.4. The van der Waals surface area contributed by atoms with Gasteiger partial charge in [0.15, 0.2) is 5.01 Å². The van der Waals surface area contributed by atoms with E-state index in [2.05, 4.69) is 15.3 Å². The lowest BCUT2D eigenvalue weighted by Gasteiger charge is -2.24. The first-order valence-corrected chi connectivity index (χ1v) is 13.4. The number of nitrogens with one attached hydrogen (secondary N) is 1. The Morgan fingerprint density at radius 3 is 2.21 bits per heavy atom. The van der Waals surface area contributed by atoms with Gasteiger partial charge in [-0.25, -0.2) is 9.97 Å². The van der Waals surface area contributed by atoms with Crippen molar-refractivity contribution in [1.29, 1.82) is 0 Å². The van der Waals surface area contributed by atoms with Crippen LogP contribution in [0.3, 0.4) is 0 Å². The zero-order valence-corrected chi connectivity index (χ0v) is 23.3. The fourth-order valence-electron chi connectivity index (χ4n) is 5.24. The summed E-state index contributed by atoms with van der Waals surface area (Å²) in [7, 11) is 1.47. The maximum Gasteiger partial charge on any atom is 0.417 e. The van der Waals surface area contributed by atoms with E-state index in [1.54, 1.807) is 4.90 Å². The lowest BCUT2D eigenvalue weighted by atomic mass is 10.0. The van der Waals surface area contributed by atoms with Gasteiger partial charge in [0.05, 0.1) is 16.0 Å². The molecule has 2 amide bonds. The zero-order valence-electron chi connectivity index (χ0n) is 22.4. The fourth-order valence-corrected chi connectivity index (χ4v) is 6.32. The highest BCUT2D eigenvalue weighted by molar-refractivity contribution is 7.17. The van der Waals surface area contributed by atoms with Gasteiger partial charge in [-0.15, -0.1) is 11.3 Å². The monoisotopic (exact) mass is 553 g/mol. The molecule has 0 saturated carbocycles. The van der Waals surface area contributed by atoms with Crippen molar-refractivity contribution in [2.75, 3.05) is 18.9 Å². The molecule has 0 atom stereocenters. The van der Waals surface area contributed by atoms with Crippen LogP contribution in [0.25, 0.3) is 10.4 Å². The van der Waals surface area contributed by atoms with Gasteiger partial charge in [0.1, 0.15) is 11.5 Å². The van der Waals surface area contributed by atoms with Crippen LogP contribution in [-0.2, 0) is 6.18 Å². The number of amides is 2. The van der Waals surface area contributed by atoms with Gasteiger partial charge < -0.3 is 20.2 Å². The maximum absolute atomic E-state index is 14.3. The number of fused-ring (bicyclic) bond motifs is 2. The Hall–Kier alpha value is -2.73. The second-order valence-corrected chi connectivity index (χ2v) is 12.8. The third-order valence-corrected chi connectivity index (χ3v) is 7.70. The lowest BCUT2D eigenvalue weighted by Crippen LogP contribution is -2.39. The minimum absolute atomic E-state index is 0.0250. The molecule has 2 aliphatic rings. The van der Waals surface area contributed by atoms with Crippen molar-refractivity contribution in [3.63, 3.8) is 0 Å². The van der Waals surface area contributed by atoms with E-state index in [0.29, 0.717) is 0 Å². The van der Waals surface area contributed by atoms with Gasteiger partial charge in [-0.1, -0.05) is 0 Å². The molecule has 2 bridgehead atoms. The Morgan fingerprint density at radius 1 is 1.13 bits per heavy atom. The first-order chi connectivity index (χ1) is 17.4. The number of aromatic nitrogens is 2. The second kappa shape index (κ2) is 9.78. The van der Waals surface area contributed by atoms with Crippen LogP contribution in [0.4, 0.5) is 19.0 Å². The van der Waals surface area contributed by atoms with Gasteiger partial charge in [-0.05, 0) is 66.4 Å². The summed E-state index contributed by atoms with van der Waals surface area (Å²) >= 11 is 0.742. The number of thiazole rings is 1. The molecule has 8 nitrogen and oxygen atoms in total. The standard InChI is InChI=1S/C26H34F3N5O3S/c1-24(2,3)32-18-11-17(26(27,28)29)16(12-30-18)20-19(22(35)34-14-7-8-15(34)10-9-14)31-21(38-20)23(36)33(6)13-25(4,5)37/h11-12,14-15,37H,7-10,13H2,1-6H3,(H,30,32)/t14-,15-. The largest absolute Gasteiger partial charge is 0.417 e. The minimum Gasteiger partial charge on any atom is -0.389 e. The summed E-state index contributed by atoms with van der Waals surface area (Å²) in [5.74, 6) is -1.01. The summed E-state index contributed by atoms with van der Waals surface area (Å²) in [6, 6.07) is 0.978. The van der Waals surface area contributed by atoms with Crippen molar-refractivity contribution in [3.05, 3.63) is 28.5 Å². The van der Waals surface area contributed by atoms with Gasteiger partial charge in [0.2, 0.25) is 0 Å². The molecule has 4 rings (SSSR count). The number of aliphatic hydroxyl groups is 1. The molecule has 2 saturated heterocycles. The normalized spacial score (nSPS) is 19.7. The van der Waals surface area contributed by atoms with E-state index in [4.69, 9.17) is 0 Å². The van der Waals surface area contributed by atoms with Gasteiger partial charge in [0.25, 0.3) is 11.8 Å². The van der Waals surface area contributed by atoms with Crippen molar-refractivity contribution in [2.24, 2.45) is 0 Å². The Kier molecular flexibility index (Phi) is 7.28. The Balaban J connectivity index is 1.83. The summed E-state index contributed by atoms with van der Waals surface area (Å²) < 4.78 is 43.0. The zero-order chi connectivity index (χ0) is 28.2. The topological polar surface area (TPSA) is 98.7 Å². The number of hydrogen-bond acceptors (Lipinski definition) is 7. The van der Waals surface area contributed by atoms with E-state index in [0.717, 1.165) is 49.3 Å². The Bertz CT molecular complexity index is 1210. The predicted octanol–water partition coefficient (Wildman–Crippen LogP) is 5.04. The molecule has 12 heteroatoms. The van der Waals surface area contributed by atoms with Crippen molar-refractivity contribution in [3.8, 4) is 10.4 Å². The fraction of sp³-hybridized carbons (Fsp3) is 0.615. The number of nitrogens with zero attached hydrogens (tertiary/aromatic N) is 4. The van der Waals surface area contributed by atoms with E-state index in [1.165, 1.54) is 25.8 Å². The van der Waals surface area contributed by atoms with Crippen LogP contribution >= 0.6 is 11.3 Å². The van der Waals surface area contributed by atoms with Crippen molar-refractivity contribution < 1.29 is 27.9 Å². The molecule has 0 aliphatic carbocycles. The number of anilines is 1. The molecular formula is C26H34F3N5O3S.